The van der Waals surface area contributed by atoms with Gasteiger partial charge in [0.2, 0.25) is 11.8 Å². The largest absolute Gasteiger partial charge is 0.352 e. The van der Waals surface area contributed by atoms with E-state index in [0.29, 0.717) is 19.4 Å². The van der Waals surface area contributed by atoms with Crippen LogP contribution in [0.15, 0.2) is 91.0 Å². The Hall–Kier alpha value is -3.40. The van der Waals surface area contributed by atoms with Gasteiger partial charge in [0.1, 0.15) is 6.04 Å². The predicted octanol–water partition coefficient (Wildman–Crippen LogP) is 6.07. The lowest BCUT2D eigenvalue weighted by Gasteiger charge is -2.33. The normalized spacial score (nSPS) is 14.6. The topological polar surface area (TPSA) is 49.4 Å². The second-order valence-electron chi connectivity index (χ2n) is 9.50. The number of amides is 2. The van der Waals surface area contributed by atoms with Crippen molar-refractivity contribution in [1.29, 1.82) is 0 Å². The highest BCUT2D eigenvalue weighted by Gasteiger charge is 2.32. The first-order valence-corrected chi connectivity index (χ1v) is 12.9. The Kier molecular flexibility index (Phi) is 8.72. The van der Waals surface area contributed by atoms with Crippen molar-refractivity contribution in [1.82, 2.24) is 10.2 Å². The average Bonchev–Trinajstić information content (AvgIpc) is 3.41. The second kappa shape index (κ2) is 12.3. The molecule has 0 saturated heterocycles. The number of nitrogens with zero attached hydrogens (tertiary/aromatic N) is 1. The highest BCUT2D eigenvalue weighted by Crippen LogP contribution is 2.30. The van der Waals surface area contributed by atoms with E-state index in [0.717, 1.165) is 42.4 Å². The predicted molar refractivity (Wildman–Crippen MR) is 141 cm³/mol. The molecule has 1 aliphatic rings. The maximum absolute atomic E-state index is 14.0. The van der Waals surface area contributed by atoms with Gasteiger partial charge in [-0.15, -0.1) is 0 Å². The van der Waals surface area contributed by atoms with Crippen LogP contribution in [0.25, 0.3) is 0 Å². The van der Waals surface area contributed by atoms with E-state index in [1.807, 2.05) is 73.7 Å². The first kappa shape index (κ1) is 24.7. The summed E-state index contributed by atoms with van der Waals surface area (Å²) in [6.07, 6.45) is 5.26. The molecule has 1 N–H and O–H groups in total. The molecule has 1 aliphatic carbocycles. The molecular weight excluding hydrogens is 432 g/mol. The minimum absolute atomic E-state index is 0.0000175. The third-order valence-electron chi connectivity index (χ3n) is 7.07. The molecule has 1 saturated carbocycles. The van der Waals surface area contributed by atoms with Crippen LogP contribution < -0.4 is 5.32 Å². The summed E-state index contributed by atoms with van der Waals surface area (Å²) in [5.74, 6) is -0.0989. The third kappa shape index (κ3) is 6.60. The van der Waals surface area contributed by atoms with Crippen molar-refractivity contribution in [2.75, 3.05) is 0 Å². The Morgan fingerprint density at radius 1 is 0.829 bits per heavy atom. The second-order valence-corrected chi connectivity index (χ2v) is 9.50. The van der Waals surface area contributed by atoms with E-state index in [4.69, 9.17) is 0 Å². The molecule has 182 valence electrons. The number of carbonyl (C=O) groups is 2. The maximum atomic E-state index is 14.0. The summed E-state index contributed by atoms with van der Waals surface area (Å²) >= 11 is 0. The first-order valence-electron chi connectivity index (χ1n) is 12.9. The Morgan fingerprint density at radius 2 is 1.34 bits per heavy atom. The van der Waals surface area contributed by atoms with E-state index in [9.17, 15) is 9.59 Å². The van der Waals surface area contributed by atoms with Crippen molar-refractivity contribution in [3.05, 3.63) is 108 Å². The van der Waals surface area contributed by atoms with E-state index >= 15 is 0 Å². The molecule has 0 aliphatic heterocycles. The van der Waals surface area contributed by atoms with E-state index in [2.05, 4.69) is 29.6 Å². The zero-order chi connectivity index (χ0) is 24.5. The number of rotatable bonds is 10. The average molecular weight is 469 g/mol. The zero-order valence-electron chi connectivity index (χ0n) is 20.6. The summed E-state index contributed by atoms with van der Waals surface area (Å²) in [4.78, 5) is 29.2. The van der Waals surface area contributed by atoms with Crippen molar-refractivity contribution in [2.45, 2.75) is 70.0 Å². The third-order valence-corrected chi connectivity index (χ3v) is 7.07. The minimum Gasteiger partial charge on any atom is -0.352 e. The Morgan fingerprint density at radius 3 is 1.86 bits per heavy atom. The lowest BCUT2D eigenvalue weighted by molar-refractivity contribution is -0.141. The lowest BCUT2D eigenvalue weighted by Crippen LogP contribution is -2.51. The SMILES string of the molecule is CC[C@@H](C(=O)NC1CCCC1)N(Cc1ccccc1)C(=O)CC(c1ccccc1)c1ccccc1. The van der Waals surface area contributed by atoms with Gasteiger partial charge in [-0.05, 0) is 36.0 Å². The van der Waals surface area contributed by atoms with Crippen molar-refractivity contribution in [2.24, 2.45) is 0 Å². The van der Waals surface area contributed by atoms with Crippen molar-refractivity contribution in [3.63, 3.8) is 0 Å². The van der Waals surface area contributed by atoms with E-state index in [1.54, 1.807) is 4.90 Å². The van der Waals surface area contributed by atoms with Gasteiger partial charge in [-0.3, -0.25) is 9.59 Å². The van der Waals surface area contributed by atoms with Gasteiger partial charge in [-0.1, -0.05) is 111 Å². The molecule has 1 fully saturated rings. The summed E-state index contributed by atoms with van der Waals surface area (Å²) in [6, 6.07) is 30.1. The van der Waals surface area contributed by atoms with Gasteiger partial charge in [0.15, 0.2) is 0 Å². The van der Waals surface area contributed by atoms with Gasteiger partial charge in [-0.25, -0.2) is 0 Å². The quantitative estimate of drug-likeness (QED) is 0.392. The molecule has 4 heteroatoms. The van der Waals surface area contributed by atoms with Crippen LogP contribution in [-0.2, 0) is 16.1 Å². The standard InChI is InChI=1S/C31H36N2O2/c1-2-29(31(35)32-27-20-12-13-21-27)33(23-24-14-6-3-7-15-24)30(34)22-28(25-16-8-4-9-17-25)26-18-10-5-11-19-26/h3-11,14-19,27-29H,2,12-13,20-23H2,1H3,(H,32,35)/t29-/m0/s1. The fraction of sp³-hybridized carbons (Fsp3) is 0.355. The molecule has 0 bridgehead atoms. The van der Waals surface area contributed by atoms with Gasteiger partial charge in [0.25, 0.3) is 0 Å². The molecule has 0 spiro atoms. The molecule has 0 aromatic heterocycles. The summed E-state index contributed by atoms with van der Waals surface area (Å²) in [5.41, 5.74) is 3.24. The van der Waals surface area contributed by atoms with Crippen molar-refractivity contribution < 1.29 is 9.59 Å². The van der Waals surface area contributed by atoms with Crippen LogP contribution in [0.5, 0.6) is 0 Å². The fourth-order valence-corrected chi connectivity index (χ4v) is 5.16. The molecule has 0 radical (unpaired) electrons. The molecule has 0 unspecified atom stereocenters. The molecule has 35 heavy (non-hydrogen) atoms. The molecule has 3 aromatic rings. The van der Waals surface area contributed by atoms with Crippen LogP contribution >= 0.6 is 0 Å². The molecule has 0 heterocycles. The molecule has 1 atom stereocenters. The first-order chi connectivity index (χ1) is 17.2. The Bertz CT molecular complexity index is 1020. The molecular formula is C31H36N2O2. The van der Waals surface area contributed by atoms with Gasteiger partial charge < -0.3 is 10.2 Å². The Balaban J connectivity index is 1.61. The molecule has 4 rings (SSSR count). The summed E-state index contributed by atoms with van der Waals surface area (Å²) in [7, 11) is 0. The number of hydrogen-bond donors (Lipinski definition) is 1. The number of hydrogen-bond acceptors (Lipinski definition) is 2. The lowest BCUT2D eigenvalue weighted by atomic mass is 9.88. The van der Waals surface area contributed by atoms with E-state index < -0.39 is 6.04 Å². The monoisotopic (exact) mass is 468 g/mol. The van der Waals surface area contributed by atoms with Crippen LogP contribution in [0.3, 0.4) is 0 Å². The molecule has 2 amide bonds. The van der Waals surface area contributed by atoms with E-state index in [1.165, 1.54) is 0 Å². The van der Waals surface area contributed by atoms with Crippen LogP contribution in [0.4, 0.5) is 0 Å². The van der Waals surface area contributed by atoms with E-state index in [-0.39, 0.29) is 23.8 Å². The van der Waals surface area contributed by atoms with Gasteiger partial charge >= 0.3 is 0 Å². The van der Waals surface area contributed by atoms with Crippen LogP contribution in [0.1, 0.15) is 68.1 Å². The Labute approximate surface area is 209 Å². The minimum atomic E-state index is -0.490. The van der Waals surface area contributed by atoms with Crippen molar-refractivity contribution >= 4 is 11.8 Å². The maximum Gasteiger partial charge on any atom is 0.243 e. The zero-order valence-corrected chi connectivity index (χ0v) is 20.6. The van der Waals surface area contributed by atoms with Gasteiger partial charge in [0, 0.05) is 24.9 Å². The smallest absolute Gasteiger partial charge is 0.243 e. The molecule has 4 nitrogen and oxygen atoms in total. The number of benzene rings is 3. The summed E-state index contributed by atoms with van der Waals surface area (Å²) < 4.78 is 0. The van der Waals surface area contributed by atoms with Gasteiger partial charge in [-0.2, -0.15) is 0 Å². The summed E-state index contributed by atoms with van der Waals surface area (Å²) in [5, 5.41) is 3.23. The van der Waals surface area contributed by atoms with Crippen LogP contribution in [0, 0.1) is 0 Å². The van der Waals surface area contributed by atoms with Crippen LogP contribution in [-0.4, -0.2) is 28.8 Å². The number of nitrogens with one attached hydrogen (secondary N) is 1. The highest BCUT2D eigenvalue weighted by atomic mass is 16.2. The van der Waals surface area contributed by atoms with Gasteiger partial charge in [0.05, 0.1) is 0 Å². The van der Waals surface area contributed by atoms with Crippen LogP contribution in [0.2, 0.25) is 0 Å². The number of carbonyl (C=O) groups excluding carboxylic acids is 2. The highest BCUT2D eigenvalue weighted by molar-refractivity contribution is 5.88. The molecule has 3 aromatic carbocycles. The fourth-order valence-electron chi connectivity index (χ4n) is 5.16. The summed E-state index contributed by atoms with van der Waals surface area (Å²) in [6.45, 7) is 2.42. The van der Waals surface area contributed by atoms with Crippen molar-refractivity contribution in [3.8, 4) is 0 Å².